The van der Waals surface area contributed by atoms with Gasteiger partial charge in [0, 0.05) is 0 Å². The van der Waals surface area contributed by atoms with Gasteiger partial charge in [-0.3, -0.25) is 0 Å². The molecule has 0 fully saturated rings. The van der Waals surface area contributed by atoms with Crippen molar-refractivity contribution >= 4 is 28.6 Å². The predicted molar refractivity (Wildman–Crippen MR) is 45.9 cm³/mol. The number of halogens is 1. The van der Waals surface area contributed by atoms with Gasteiger partial charge in [-0.1, -0.05) is 11.6 Å². The van der Waals surface area contributed by atoms with Crippen LogP contribution in [0, 0.1) is 0 Å². The van der Waals surface area contributed by atoms with Crippen LogP contribution in [-0.2, 0) is 0 Å². The minimum absolute atomic E-state index is 0.0204. The summed E-state index contributed by atoms with van der Waals surface area (Å²) in [4.78, 5) is 10.8. The van der Waals surface area contributed by atoms with E-state index in [4.69, 9.17) is 16.7 Å². The Morgan fingerprint density at radius 1 is 1.46 bits per heavy atom. The number of hydrogen-bond donors (Lipinski definition) is 2. The number of carboxylic acids is 1. The third-order valence-corrected chi connectivity index (χ3v) is 1.97. The smallest absolute Gasteiger partial charge is 0.339 e. The maximum Gasteiger partial charge on any atom is 0.339 e. The zero-order valence-corrected chi connectivity index (χ0v) is 7.04. The summed E-state index contributed by atoms with van der Waals surface area (Å²) < 4.78 is 0. The molecule has 0 atom stereocenters. The predicted octanol–water partition coefficient (Wildman–Crippen LogP) is 1.31. The Morgan fingerprint density at radius 3 is 2.92 bits per heavy atom. The van der Waals surface area contributed by atoms with Gasteiger partial charge >= 0.3 is 5.97 Å². The molecule has 1 aromatic heterocycles. The molecule has 1 heterocycles. The molecule has 0 saturated carbocycles. The van der Waals surface area contributed by atoms with E-state index in [1.165, 1.54) is 6.07 Å². The van der Waals surface area contributed by atoms with Gasteiger partial charge in [-0.2, -0.15) is 15.4 Å². The largest absolute Gasteiger partial charge is 0.478 e. The average molecular weight is 198 g/mol. The van der Waals surface area contributed by atoms with E-state index < -0.39 is 5.97 Å². The number of hydrogen-bond acceptors (Lipinski definition) is 3. The number of aromatic amines is 1. The molecule has 2 aromatic rings. The lowest BCUT2D eigenvalue weighted by Crippen LogP contribution is -1.98. The summed E-state index contributed by atoms with van der Waals surface area (Å²) in [5, 5.41) is 18.8. The summed E-state index contributed by atoms with van der Waals surface area (Å²) in [7, 11) is 0. The fraction of sp³-hybridized carbons (Fsp3) is 0. The number of nitrogens with zero attached hydrogens (tertiary/aromatic N) is 2. The highest BCUT2D eigenvalue weighted by Gasteiger charge is 2.15. The van der Waals surface area contributed by atoms with Crippen LogP contribution in [0.25, 0.3) is 11.0 Å². The molecule has 1 aromatic carbocycles. The Balaban J connectivity index is 2.88. The van der Waals surface area contributed by atoms with Crippen LogP contribution < -0.4 is 0 Å². The minimum atomic E-state index is -1.11. The zero-order valence-electron chi connectivity index (χ0n) is 6.28. The van der Waals surface area contributed by atoms with E-state index >= 15 is 0 Å². The lowest BCUT2D eigenvalue weighted by molar-refractivity contribution is 0.0699. The number of aromatic nitrogens is 3. The monoisotopic (exact) mass is 197 g/mol. The molecule has 0 radical (unpaired) electrons. The van der Waals surface area contributed by atoms with Gasteiger partial charge in [0.1, 0.15) is 16.6 Å². The van der Waals surface area contributed by atoms with E-state index in [1.807, 2.05) is 0 Å². The summed E-state index contributed by atoms with van der Waals surface area (Å²) in [6.45, 7) is 0. The third kappa shape index (κ3) is 1.13. The van der Waals surface area contributed by atoms with Crippen LogP contribution in [0.5, 0.6) is 0 Å². The molecule has 66 valence electrons. The molecule has 2 N–H and O–H groups in total. The van der Waals surface area contributed by atoms with Gasteiger partial charge in [0.15, 0.2) is 0 Å². The van der Waals surface area contributed by atoms with E-state index in [0.29, 0.717) is 5.52 Å². The maximum atomic E-state index is 10.8. The Morgan fingerprint density at radius 2 is 2.23 bits per heavy atom. The molecular formula is C7H4ClN3O2. The average Bonchev–Trinajstić information content (AvgIpc) is 2.50. The Labute approximate surface area is 77.3 Å². The van der Waals surface area contributed by atoms with Crippen molar-refractivity contribution in [2.75, 3.05) is 0 Å². The maximum absolute atomic E-state index is 10.8. The first-order valence-electron chi connectivity index (χ1n) is 3.42. The molecule has 5 nitrogen and oxygen atoms in total. The van der Waals surface area contributed by atoms with E-state index in [9.17, 15) is 4.79 Å². The highest BCUT2D eigenvalue weighted by atomic mass is 35.5. The fourth-order valence-electron chi connectivity index (χ4n) is 1.09. The van der Waals surface area contributed by atoms with Crippen LogP contribution in [0.15, 0.2) is 12.1 Å². The van der Waals surface area contributed by atoms with Gasteiger partial charge in [0.05, 0.1) is 5.02 Å². The minimum Gasteiger partial charge on any atom is -0.478 e. The summed E-state index contributed by atoms with van der Waals surface area (Å²) in [5.41, 5.74) is 0.745. The van der Waals surface area contributed by atoms with Crippen LogP contribution in [0.1, 0.15) is 10.4 Å². The van der Waals surface area contributed by atoms with Crippen molar-refractivity contribution in [2.45, 2.75) is 0 Å². The number of benzene rings is 1. The molecule has 0 unspecified atom stereocenters. The van der Waals surface area contributed by atoms with Crippen LogP contribution in [-0.4, -0.2) is 26.5 Å². The summed E-state index contributed by atoms with van der Waals surface area (Å²) in [5.74, 6) is -1.11. The van der Waals surface area contributed by atoms with Gasteiger partial charge in [-0.05, 0) is 12.1 Å². The Hall–Kier alpha value is -1.62. The molecule has 0 bridgehead atoms. The number of nitrogens with one attached hydrogen (secondary N) is 1. The van der Waals surface area contributed by atoms with Crippen molar-refractivity contribution in [1.29, 1.82) is 0 Å². The standard InChI is InChI=1S/C7H4ClN3O2/c8-3-1-2-4-6(10-11-9-4)5(3)7(12)13/h1-2H,(H,12,13)(H,9,10,11). The molecule has 13 heavy (non-hydrogen) atoms. The lowest BCUT2D eigenvalue weighted by Gasteiger charge is -1.96. The first-order chi connectivity index (χ1) is 6.20. The normalized spacial score (nSPS) is 10.5. The summed E-state index contributed by atoms with van der Waals surface area (Å²) in [6, 6.07) is 3.09. The molecule has 0 aliphatic heterocycles. The van der Waals surface area contributed by atoms with Crippen molar-refractivity contribution in [1.82, 2.24) is 15.4 Å². The molecular weight excluding hydrogens is 194 g/mol. The van der Waals surface area contributed by atoms with E-state index in [0.717, 1.165) is 0 Å². The highest BCUT2D eigenvalue weighted by molar-refractivity contribution is 6.35. The number of rotatable bonds is 1. The number of H-pyrrole nitrogens is 1. The van der Waals surface area contributed by atoms with Crippen LogP contribution >= 0.6 is 11.6 Å². The highest BCUT2D eigenvalue weighted by Crippen LogP contribution is 2.22. The van der Waals surface area contributed by atoms with Crippen molar-refractivity contribution in [3.8, 4) is 0 Å². The second-order valence-corrected chi connectivity index (χ2v) is 2.83. The first kappa shape index (κ1) is 8.00. The van der Waals surface area contributed by atoms with E-state index in [-0.39, 0.29) is 16.1 Å². The van der Waals surface area contributed by atoms with Crippen molar-refractivity contribution in [2.24, 2.45) is 0 Å². The molecule has 2 rings (SSSR count). The summed E-state index contributed by atoms with van der Waals surface area (Å²) >= 11 is 5.69. The summed E-state index contributed by atoms with van der Waals surface area (Å²) in [6.07, 6.45) is 0. The second-order valence-electron chi connectivity index (χ2n) is 2.42. The van der Waals surface area contributed by atoms with Gasteiger partial charge in [0.25, 0.3) is 0 Å². The van der Waals surface area contributed by atoms with Crippen molar-refractivity contribution in [3.05, 3.63) is 22.7 Å². The van der Waals surface area contributed by atoms with Gasteiger partial charge in [-0.15, -0.1) is 0 Å². The molecule has 0 saturated heterocycles. The Kier molecular flexibility index (Phi) is 1.66. The van der Waals surface area contributed by atoms with Crippen LogP contribution in [0.3, 0.4) is 0 Å². The fourth-order valence-corrected chi connectivity index (χ4v) is 1.32. The van der Waals surface area contributed by atoms with Crippen LogP contribution in [0.4, 0.5) is 0 Å². The van der Waals surface area contributed by atoms with Gasteiger partial charge < -0.3 is 5.11 Å². The van der Waals surface area contributed by atoms with Crippen LogP contribution in [0.2, 0.25) is 5.02 Å². The number of fused-ring (bicyclic) bond motifs is 1. The zero-order chi connectivity index (χ0) is 9.42. The number of carbonyl (C=O) groups is 1. The molecule has 0 spiro atoms. The van der Waals surface area contributed by atoms with E-state index in [2.05, 4.69) is 15.4 Å². The molecule has 0 aliphatic rings. The number of aromatic carboxylic acids is 1. The number of carboxylic acid groups (broad SMARTS) is 1. The topological polar surface area (TPSA) is 78.9 Å². The van der Waals surface area contributed by atoms with Gasteiger partial charge in [-0.25, -0.2) is 4.79 Å². The second kappa shape index (κ2) is 2.70. The van der Waals surface area contributed by atoms with Crippen molar-refractivity contribution < 1.29 is 9.90 Å². The molecule has 0 amide bonds. The third-order valence-electron chi connectivity index (χ3n) is 1.65. The van der Waals surface area contributed by atoms with E-state index in [1.54, 1.807) is 6.07 Å². The SMILES string of the molecule is O=C(O)c1c(Cl)ccc2n[nH]nc12. The van der Waals surface area contributed by atoms with Crippen molar-refractivity contribution in [3.63, 3.8) is 0 Å². The lowest BCUT2D eigenvalue weighted by atomic mass is 10.2. The Bertz CT molecular complexity index is 480. The first-order valence-corrected chi connectivity index (χ1v) is 3.80. The quantitative estimate of drug-likeness (QED) is 0.723. The van der Waals surface area contributed by atoms with Gasteiger partial charge in [0.2, 0.25) is 0 Å². The molecule has 0 aliphatic carbocycles. The molecule has 6 heteroatoms.